The number of ether oxygens (including phenoxy) is 1. The van der Waals surface area contributed by atoms with Crippen LogP contribution in [0.1, 0.15) is 6.42 Å². The van der Waals surface area contributed by atoms with E-state index in [1.54, 1.807) is 0 Å². The van der Waals surface area contributed by atoms with Crippen LogP contribution >= 0.6 is 0 Å². The van der Waals surface area contributed by atoms with Crippen LogP contribution in [-0.2, 0) is 33.7 Å². The van der Waals surface area contributed by atoms with E-state index in [9.17, 15) is 19.2 Å². The maximum atomic E-state index is 11.2. The molecule has 0 unspecified atom stereocenters. The molecule has 1 N–H and O–H groups in total. The normalized spacial score (nSPS) is 20.6. The first kappa shape index (κ1) is 12.4. The van der Waals surface area contributed by atoms with E-state index in [1.807, 2.05) is 0 Å². The van der Waals surface area contributed by atoms with Gasteiger partial charge in [-0.25, -0.2) is 29.0 Å². The molecule has 90 valence electrons. The molecule has 0 atom stereocenters. The molecule has 0 aromatic carbocycles. The maximum Gasteiger partial charge on any atom is 0.383 e. The number of hydrogen-bond acceptors (Lipinski definition) is 7. The number of hydrogen-bond donors (Lipinski definition) is 1. The summed E-state index contributed by atoms with van der Waals surface area (Å²) in [5.41, 5.74) is -0.333. The van der Waals surface area contributed by atoms with Gasteiger partial charge in [0, 0.05) is 5.57 Å². The van der Waals surface area contributed by atoms with Crippen LogP contribution in [-0.4, -0.2) is 29.0 Å². The van der Waals surface area contributed by atoms with Crippen molar-refractivity contribution in [2.24, 2.45) is 0 Å². The molecule has 1 aliphatic heterocycles. The Morgan fingerprint density at radius 2 is 1.94 bits per heavy atom. The van der Waals surface area contributed by atoms with Crippen molar-refractivity contribution >= 4 is 23.9 Å². The van der Waals surface area contributed by atoms with Gasteiger partial charge in [0.15, 0.2) is 0 Å². The molecule has 0 fully saturated rings. The smallest absolute Gasteiger partial charge is 0.383 e. The standard InChI is InChI=1S/C9H6O8/c1-4-2-6(10)16-17-7(11)3-5(8(12)13)15-9(4)14/h3H,1-2H2,(H,12,13)/b5-3+. The van der Waals surface area contributed by atoms with E-state index in [2.05, 4.69) is 21.1 Å². The first-order valence-corrected chi connectivity index (χ1v) is 4.16. The van der Waals surface area contributed by atoms with Crippen molar-refractivity contribution in [1.29, 1.82) is 0 Å². The van der Waals surface area contributed by atoms with Gasteiger partial charge in [0.2, 0.25) is 5.76 Å². The molecule has 1 heterocycles. The Kier molecular flexibility index (Phi) is 3.60. The minimum absolute atomic E-state index is 0.333. The van der Waals surface area contributed by atoms with Crippen molar-refractivity contribution in [2.75, 3.05) is 0 Å². The van der Waals surface area contributed by atoms with Gasteiger partial charge in [-0.05, 0) is 0 Å². The molecule has 8 nitrogen and oxygen atoms in total. The van der Waals surface area contributed by atoms with Crippen LogP contribution in [0.3, 0.4) is 0 Å². The van der Waals surface area contributed by atoms with E-state index < -0.39 is 36.1 Å². The number of carbonyl (C=O) groups is 4. The lowest BCUT2D eigenvalue weighted by Gasteiger charge is -2.08. The van der Waals surface area contributed by atoms with Crippen molar-refractivity contribution in [3.63, 3.8) is 0 Å². The van der Waals surface area contributed by atoms with E-state index >= 15 is 0 Å². The molecule has 0 aromatic rings. The first-order chi connectivity index (χ1) is 7.90. The second-order valence-electron chi connectivity index (χ2n) is 2.84. The highest BCUT2D eigenvalue weighted by atomic mass is 17.2. The lowest BCUT2D eigenvalue weighted by molar-refractivity contribution is -0.254. The van der Waals surface area contributed by atoms with Crippen molar-refractivity contribution in [3.05, 3.63) is 24.0 Å². The lowest BCUT2D eigenvalue weighted by atomic mass is 10.2. The molecule has 8 heteroatoms. The summed E-state index contributed by atoms with van der Waals surface area (Å²) in [6.07, 6.45) is -0.231. The van der Waals surface area contributed by atoms with Gasteiger partial charge in [0.1, 0.15) is 0 Å². The molecular formula is C9H6O8. The average molecular weight is 242 g/mol. The fourth-order valence-electron chi connectivity index (χ4n) is 0.801. The summed E-state index contributed by atoms with van der Waals surface area (Å²) in [5.74, 6) is -6.09. The van der Waals surface area contributed by atoms with Crippen molar-refractivity contribution in [3.8, 4) is 0 Å². The molecule has 0 bridgehead atoms. The number of aliphatic carboxylic acids is 1. The van der Waals surface area contributed by atoms with Gasteiger partial charge in [-0.3, -0.25) is 0 Å². The Hall–Kier alpha value is -2.64. The number of carboxylic acid groups (broad SMARTS) is 1. The minimum atomic E-state index is -1.66. The highest BCUT2D eigenvalue weighted by molar-refractivity contribution is 6.00. The van der Waals surface area contributed by atoms with Crippen LogP contribution in [0.4, 0.5) is 0 Å². The predicted octanol–water partition coefficient (Wildman–Crippen LogP) is -0.541. The zero-order valence-corrected chi connectivity index (χ0v) is 8.30. The Bertz CT molecular complexity index is 444. The summed E-state index contributed by atoms with van der Waals surface area (Å²) >= 11 is 0. The Morgan fingerprint density at radius 3 is 2.53 bits per heavy atom. The third kappa shape index (κ3) is 3.45. The van der Waals surface area contributed by atoms with Crippen LogP contribution in [0.2, 0.25) is 0 Å². The molecule has 0 saturated carbocycles. The zero-order valence-electron chi connectivity index (χ0n) is 8.30. The van der Waals surface area contributed by atoms with Gasteiger partial charge in [-0.1, -0.05) is 6.58 Å². The first-order valence-electron chi connectivity index (χ1n) is 4.16. The SMILES string of the molecule is C=C1CC(=O)OOC(=O)/C=C(\C(=O)O)OC1=O. The van der Waals surface area contributed by atoms with Crippen molar-refractivity contribution < 1.29 is 38.8 Å². The van der Waals surface area contributed by atoms with Crippen LogP contribution in [0.15, 0.2) is 24.0 Å². The summed E-state index contributed by atoms with van der Waals surface area (Å²) in [4.78, 5) is 51.5. The lowest BCUT2D eigenvalue weighted by Crippen LogP contribution is -2.20. The molecule has 17 heavy (non-hydrogen) atoms. The summed E-state index contributed by atoms with van der Waals surface area (Å²) in [6.45, 7) is 3.20. The monoisotopic (exact) mass is 242 g/mol. The molecule has 0 spiro atoms. The number of esters is 1. The highest BCUT2D eigenvalue weighted by Crippen LogP contribution is 2.10. The Morgan fingerprint density at radius 1 is 1.29 bits per heavy atom. The summed E-state index contributed by atoms with van der Waals surface area (Å²) in [5, 5.41) is 8.60. The molecule has 1 aliphatic rings. The zero-order chi connectivity index (χ0) is 13.0. The predicted molar refractivity (Wildman–Crippen MR) is 47.8 cm³/mol. The van der Waals surface area contributed by atoms with Gasteiger partial charge in [-0.2, -0.15) is 0 Å². The van der Waals surface area contributed by atoms with Gasteiger partial charge < -0.3 is 9.84 Å². The molecule has 0 saturated heterocycles. The number of carboxylic acids is 1. The molecular weight excluding hydrogens is 236 g/mol. The van der Waals surface area contributed by atoms with Crippen molar-refractivity contribution in [1.82, 2.24) is 0 Å². The van der Waals surface area contributed by atoms with Gasteiger partial charge in [-0.15, -0.1) is 0 Å². The summed E-state index contributed by atoms with van der Waals surface area (Å²) in [7, 11) is 0. The van der Waals surface area contributed by atoms with E-state index in [0.29, 0.717) is 6.08 Å². The molecule has 0 radical (unpaired) electrons. The van der Waals surface area contributed by atoms with Gasteiger partial charge in [0.05, 0.1) is 12.5 Å². The third-order valence-electron chi connectivity index (χ3n) is 1.53. The van der Waals surface area contributed by atoms with Crippen LogP contribution < -0.4 is 0 Å². The van der Waals surface area contributed by atoms with Crippen LogP contribution in [0, 0.1) is 0 Å². The van der Waals surface area contributed by atoms with E-state index in [1.165, 1.54) is 0 Å². The number of carbonyl (C=O) groups excluding carboxylic acids is 3. The van der Waals surface area contributed by atoms with Crippen molar-refractivity contribution in [2.45, 2.75) is 6.42 Å². The fourth-order valence-corrected chi connectivity index (χ4v) is 0.801. The number of cyclic esters (lactones) is 1. The largest absolute Gasteiger partial charge is 0.475 e. The fraction of sp³-hybridized carbons (Fsp3) is 0.111. The van der Waals surface area contributed by atoms with Crippen LogP contribution in [0.25, 0.3) is 0 Å². The Balaban J connectivity index is 3.02. The van der Waals surface area contributed by atoms with E-state index in [0.717, 1.165) is 0 Å². The van der Waals surface area contributed by atoms with E-state index in [-0.39, 0.29) is 5.57 Å². The van der Waals surface area contributed by atoms with Gasteiger partial charge in [0.25, 0.3) is 0 Å². The van der Waals surface area contributed by atoms with E-state index in [4.69, 9.17) is 5.11 Å². The maximum absolute atomic E-state index is 11.2. The summed E-state index contributed by atoms with van der Waals surface area (Å²) in [6, 6.07) is 0. The van der Waals surface area contributed by atoms with Crippen LogP contribution in [0.5, 0.6) is 0 Å². The average Bonchev–Trinajstić information content (AvgIpc) is 2.24. The molecule has 0 aromatic heterocycles. The second-order valence-corrected chi connectivity index (χ2v) is 2.84. The molecule has 0 amide bonds. The molecule has 1 rings (SSSR count). The second kappa shape index (κ2) is 4.92. The summed E-state index contributed by atoms with van der Waals surface area (Å²) < 4.78 is 4.33. The topological polar surface area (TPSA) is 116 Å². The number of rotatable bonds is 1. The minimum Gasteiger partial charge on any atom is -0.475 e. The third-order valence-corrected chi connectivity index (χ3v) is 1.53. The highest BCUT2D eigenvalue weighted by Gasteiger charge is 2.23. The molecule has 0 aliphatic carbocycles. The van der Waals surface area contributed by atoms with Gasteiger partial charge >= 0.3 is 23.9 Å². The Labute approximate surface area is 94.0 Å². The quantitative estimate of drug-likeness (QED) is 0.370.